The average molecular weight is 482 g/mol. The minimum absolute atomic E-state index is 0.145. The lowest BCUT2D eigenvalue weighted by molar-refractivity contribution is 0.00995. The van der Waals surface area contributed by atoms with Gasteiger partial charge < -0.3 is 19.6 Å². The number of hydrogen-bond donors (Lipinski definition) is 2. The molecule has 2 aromatic heterocycles. The molecular weight excluding hydrogens is 450 g/mol. The SMILES string of the molecule is C#CCOCC(O)CN(Cc1nc2scc(-c3ccc(OC)cc3)c2c(=O)[nH]1)C1CCCCC1. The van der Waals surface area contributed by atoms with Crippen LogP contribution in [0.3, 0.4) is 0 Å². The fourth-order valence-corrected chi connectivity index (χ4v) is 5.58. The van der Waals surface area contributed by atoms with Gasteiger partial charge in [0.15, 0.2) is 0 Å². The molecule has 0 radical (unpaired) electrons. The average Bonchev–Trinajstić information content (AvgIpc) is 3.29. The maximum absolute atomic E-state index is 13.1. The number of thiophene rings is 1. The number of aliphatic hydroxyl groups is 1. The minimum atomic E-state index is -0.658. The number of terminal acetylenes is 1. The number of methoxy groups -OCH3 is 1. The monoisotopic (exact) mass is 481 g/mol. The summed E-state index contributed by atoms with van der Waals surface area (Å²) in [4.78, 5) is 23.8. The van der Waals surface area contributed by atoms with Gasteiger partial charge in [-0.05, 0) is 30.5 Å². The topological polar surface area (TPSA) is 87.7 Å². The van der Waals surface area contributed by atoms with E-state index < -0.39 is 6.10 Å². The smallest absolute Gasteiger partial charge is 0.260 e. The van der Waals surface area contributed by atoms with E-state index in [2.05, 4.69) is 15.8 Å². The Kier molecular flexibility index (Phi) is 8.35. The number of ether oxygens (including phenoxy) is 2. The second kappa shape index (κ2) is 11.6. The van der Waals surface area contributed by atoms with Crippen LogP contribution in [0.4, 0.5) is 0 Å². The van der Waals surface area contributed by atoms with Gasteiger partial charge in [0, 0.05) is 23.5 Å². The van der Waals surface area contributed by atoms with Crippen molar-refractivity contribution in [3.63, 3.8) is 0 Å². The predicted octanol–water partition coefficient (Wildman–Crippen LogP) is 3.81. The molecule has 3 aromatic rings. The fourth-order valence-electron chi connectivity index (χ4n) is 4.61. The number of fused-ring (bicyclic) bond motifs is 1. The molecule has 4 rings (SSSR count). The first-order valence-corrected chi connectivity index (χ1v) is 12.5. The van der Waals surface area contributed by atoms with E-state index in [0.29, 0.717) is 35.2 Å². The van der Waals surface area contributed by atoms with Crippen LogP contribution in [0.5, 0.6) is 5.75 Å². The molecule has 2 heterocycles. The van der Waals surface area contributed by atoms with Crippen LogP contribution < -0.4 is 10.3 Å². The Morgan fingerprint density at radius 3 is 2.76 bits per heavy atom. The predicted molar refractivity (Wildman–Crippen MR) is 135 cm³/mol. The number of aromatic nitrogens is 2. The summed E-state index contributed by atoms with van der Waals surface area (Å²) in [6.07, 6.45) is 10.3. The molecule has 1 fully saturated rings. The first kappa shape index (κ1) is 24.4. The molecular formula is C26H31N3O4S. The highest BCUT2D eigenvalue weighted by molar-refractivity contribution is 7.17. The van der Waals surface area contributed by atoms with Gasteiger partial charge in [-0.2, -0.15) is 0 Å². The van der Waals surface area contributed by atoms with Crippen molar-refractivity contribution in [2.45, 2.75) is 50.8 Å². The zero-order valence-electron chi connectivity index (χ0n) is 19.5. The Morgan fingerprint density at radius 1 is 1.29 bits per heavy atom. The summed E-state index contributed by atoms with van der Waals surface area (Å²) in [7, 11) is 1.63. The molecule has 180 valence electrons. The van der Waals surface area contributed by atoms with Gasteiger partial charge in [0.05, 0.1) is 31.8 Å². The lowest BCUT2D eigenvalue weighted by atomic mass is 9.94. The highest BCUT2D eigenvalue weighted by Gasteiger charge is 2.25. The molecule has 1 aliphatic rings. The van der Waals surface area contributed by atoms with Crippen molar-refractivity contribution in [1.82, 2.24) is 14.9 Å². The van der Waals surface area contributed by atoms with Crippen molar-refractivity contribution in [3.05, 3.63) is 45.8 Å². The van der Waals surface area contributed by atoms with Crippen LogP contribution in [0.2, 0.25) is 0 Å². The van der Waals surface area contributed by atoms with Crippen LogP contribution in [-0.4, -0.2) is 59.0 Å². The number of benzene rings is 1. The standard InChI is InChI=1S/C26H31N3O4S/c1-3-13-33-16-20(30)14-29(19-7-5-4-6-8-19)15-23-27-25(31)24-22(17-34-26(24)28-23)18-9-11-21(32-2)12-10-18/h1,9-12,17,19-20,30H,4-8,13-16H2,2H3,(H,27,28,31). The van der Waals surface area contributed by atoms with Crippen LogP contribution in [-0.2, 0) is 11.3 Å². The third kappa shape index (κ3) is 5.86. The van der Waals surface area contributed by atoms with E-state index in [9.17, 15) is 9.90 Å². The van der Waals surface area contributed by atoms with Crippen LogP contribution in [0.1, 0.15) is 37.9 Å². The maximum Gasteiger partial charge on any atom is 0.260 e. The van der Waals surface area contributed by atoms with Gasteiger partial charge in [-0.1, -0.05) is 37.3 Å². The first-order valence-electron chi connectivity index (χ1n) is 11.7. The Labute approximate surface area is 203 Å². The largest absolute Gasteiger partial charge is 0.497 e. The van der Waals surface area contributed by atoms with E-state index >= 15 is 0 Å². The summed E-state index contributed by atoms with van der Waals surface area (Å²) >= 11 is 1.47. The normalized spacial score (nSPS) is 15.5. The number of hydrogen-bond acceptors (Lipinski definition) is 7. The molecule has 34 heavy (non-hydrogen) atoms. The lowest BCUT2D eigenvalue weighted by Crippen LogP contribution is -2.43. The summed E-state index contributed by atoms with van der Waals surface area (Å²) in [5.74, 6) is 3.81. The molecule has 1 atom stereocenters. The van der Waals surface area contributed by atoms with Gasteiger partial charge in [0.2, 0.25) is 0 Å². The first-order chi connectivity index (χ1) is 16.6. The van der Waals surface area contributed by atoms with Crippen molar-refractivity contribution in [1.29, 1.82) is 0 Å². The molecule has 8 heteroatoms. The number of rotatable bonds is 10. The van der Waals surface area contributed by atoms with Gasteiger partial charge in [-0.15, -0.1) is 17.8 Å². The lowest BCUT2D eigenvalue weighted by Gasteiger charge is -2.35. The molecule has 1 aromatic carbocycles. The van der Waals surface area contributed by atoms with Gasteiger partial charge in [-0.3, -0.25) is 9.69 Å². The van der Waals surface area contributed by atoms with Crippen molar-refractivity contribution in [3.8, 4) is 29.2 Å². The second-order valence-electron chi connectivity index (χ2n) is 8.67. The van der Waals surface area contributed by atoms with E-state index in [-0.39, 0.29) is 18.8 Å². The Morgan fingerprint density at radius 2 is 2.06 bits per heavy atom. The fraction of sp³-hybridized carbons (Fsp3) is 0.462. The third-order valence-corrected chi connectivity index (χ3v) is 7.15. The molecule has 7 nitrogen and oxygen atoms in total. The maximum atomic E-state index is 13.1. The number of nitrogens with zero attached hydrogens (tertiary/aromatic N) is 2. The highest BCUT2D eigenvalue weighted by Crippen LogP contribution is 2.32. The zero-order valence-corrected chi connectivity index (χ0v) is 20.3. The van der Waals surface area contributed by atoms with Crippen molar-refractivity contribution < 1.29 is 14.6 Å². The number of H-pyrrole nitrogens is 1. The Balaban J connectivity index is 1.56. The van der Waals surface area contributed by atoms with Gasteiger partial charge in [0.1, 0.15) is 23.0 Å². The van der Waals surface area contributed by atoms with Crippen LogP contribution in [0.15, 0.2) is 34.4 Å². The van der Waals surface area contributed by atoms with Crippen LogP contribution >= 0.6 is 11.3 Å². The molecule has 2 N–H and O–H groups in total. The van der Waals surface area contributed by atoms with Gasteiger partial charge in [0.25, 0.3) is 5.56 Å². The van der Waals surface area contributed by atoms with Gasteiger partial charge in [-0.25, -0.2) is 4.98 Å². The summed E-state index contributed by atoms with van der Waals surface area (Å²) < 4.78 is 10.6. The number of nitrogens with one attached hydrogen (secondary N) is 1. The molecule has 0 aliphatic heterocycles. The summed E-state index contributed by atoms with van der Waals surface area (Å²) in [5.41, 5.74) is 1.67. The minimum Gasteiger partial charge on any atom is -0.497 e. The van der Waals surface area contributed by atoms with Crippen molar-refractivity contribution in [2.75, 3.05) is 26.9 Å². The van der Waals surface area contributed by atoms with E-state index in [0.717, 1.165) is 29.7 Å². The van der Waals surface area contributed by atoms with Crippen LogP contribution in [0, 0.1) is 12.3 Å². The number of aromatic amines is 1. The van der Waals surface area contributed by atoms with Gasteiger partial charge >= 0.3 is 0 Å². The Hall–Kier alpha value is -2.70. The second-order valence-corrected chi connectivity index (χ2v) is 9.52. The summed E-state index contributed by atoms with van der Waals surface area (Å²) in [6.45, 7) is 1.28. The third-order valence-electron chi connectivity index (χ3n) is 6.28. The zero-order chi connectivity index (χ0) is 23.9. The van der Waals surface area contributed by atoms with Crippen molar-refractivity contribution >= 4 is 21.6 Å². The Bertz CT molecular complexity index is 1180. The molecule has 0 bridgehead atoms. The molecule has 1 aliphatic carbocycles. The molecule has 0 saturated heterocycles. The molecule has 1 unspecified atom stereocenters. The number of aliphatic hydroxyl groups excluding tert-OH is 1. The van der Waals surface area contributed by atoms with E-state index in [1.807, 2.05) is 29.6 Å². The molecule has 0 amide bonds. The van der Waals surface area contributed by atoms with E-state index in [1.54, 1.807) is 7.11 Å². The van der Waals surface area contributed by atoms with Crippen molar-refractivity contribution in [2.24, 2.45) is 0 Å². The van der Waals surface area contributed by atoms with E-state index in [1.165, 1.54) is 30.6 Å². The van der Waals surface area contributed by atoms with Crippen LogP contribution in [0.25, 0.3) is 21.3 Å². The molecule has 1 saturated carbocycles. The summed E-state index contributed by atoms with van der Waals surface area (Å²) in [6, 6.07) is 8.00. The quantitative estimate of drug-likeness (QED) is 0.338. The summed E-state index contributed by atoms with van der Waals surface area (Å²) in [5, 5.41) is 13.1. The molecule has 0 spiro atoms. The van der Waals surface area contributed by atoms with E-state index in [4.69, 9.17) is 20.9 Å². The highest BCUT2D eigenvalue weighted by atomic mass is 32.1.